The number of benzene rings is 1. The van der Waals surface area contributed by atoms with Gasteiger partial charge in [0.25, 0.3) is 5.91 Å². The first-order valence-electron chi connectivity index (χ1n) is 7.94. The molecule has 0 aromatic heterocycles. The molecule has 1 aromatic rings. The highest BCUT2D eigenvalue weighted by atomic mass is 79.9. The molecular formula is C18H22BrNO2. The third-order valence-corrected chi connectivity index (χ3v) is 5.55. The van der Waals surface area contributed by atoms with Gasteiger partial charge in [-0.1, -0.05) is 12.2 Å². The lowest BCUT2D eigenvalue weighted by molar-refractivity contribution is 0.0481. The summed E-state index contributed by atoms with van der Waals surface area (Å²) < 4.78 is 0.586. The number of aromatic hydroxyl groups is 1. The van der Waals surface area contributed by atoms with Gasteiger partial charge in [0.05, 0.1) is 10.0 Å². The summed E-state index contributed by atoms with van der Waals surface area (Å²) in [5.41, 5.74) is 1.63. The summed E-state index contributed by atoms with van der Waals surface area (Å²) in [7, 11) is 0. The van der Waals surface area contributed by atoms with Gasteiger partial charge < -0.3 is 10.0 Å². The number of carbonyl (C=O) groups is 1. The number of likely N-dealkylation sites (tertiary alicyclic amines) is 1. The minimum Gasteiger partial charge on any atom is -0.506 e. The van der Waals surface area contributed by atoms with E-state index in [2.05, 4.69) is 28.1 Å². The Morgan fingerprint density at radius 3 is 2.86 bits per heavy atom. The number of phenolic OH excluding ortho intramolecular Hbond substituents is 1. The van der Waals surface area contributed by atoms with Crippen molar-refractivity contribution < 1.29 is 9.90 Å². The Bertz CT molecular complexity index is 626. The van der Waals surface area contributed by atoms with Gasteiger partial charge in [-0.15, -0.1) is 0 Å². The molecule has 22 heavy (non-hydrogen) atoms. The zero-order valence-corrected chi connectivity index (χ0v) is 14.5. The SMILES string of the molecule is Cc1cc(Br)c(O)c(C(=O)N2CCCC3(CC=CCC3)C2)c1. The van der Waals surface area contributed by atoms with E-state index in [9.17, 15) is 9.90 Å². The maximum Gasteiger partial charge on any atom is 0.257 e. The lowest BCUT2D eigenvalue weighted by Gasteiger charge is -2.44. The number of hydrogen-bond donors (Lipinski definition) is 1. The van der Waals surface area contributed by atoms with Crippen LogP contribution in [-0.2, 0) is 0 Å². The van der Waals surface area contributed by atoms with Crippen LogP contribution in [0.5, 0.6) is 5.75 Å². The maximum atomic E-state index is 12.9. The summed E-state index contributed by atoms with van der Waals surface area (Å²) >= 11 is 3.33. The molecule has 0 bridgehead atoms. The Morgan fingerprint density at radius 2 is 2.14 bits per heavy atom. The van der Waals surface area contributed by atoms with E-state index < -0.39 is 0 Å². The Balaban J connectivity index is 1.84. The fourth-order valence-corrected chi connectivity index (χ4v) is 4.34. The number of allylic oxidation sites excluding steroid dienone is 2. The van der Waals surface area contributed by atoms with Crippen LogP contribution < -0.4 is 0 Å². The first kappa shape index (κ1) is 15.6. The minimum atomic E-state index is -0.0458. The molecule has 1 atom stereocenters. The van der Waals surface area contributed by atoms with Crippen molar-refractivity contribution in [1.29, 1.82) is 0 Å². The standard InChI is InChI=1S/C18H22BrNO2/c1-13-10-14(16(21)15(19)11-13)17(22)20-9-5-8-18(12-20)6-3-2-4-7-18/h2-3,10-11,21H,4-9,12H2,1H3. The monoisotopic (exact) mass is 363 g/mol. The number of hydrogen-bond acceptors (Lipinski definition) is 2. The second-order valence-electron chi connectivity index (χ2n) is 6.69. The van der Waals surface area contributed by atoms with Crippen molar-refractivity contribution >= 4 is 21.8 Å². The minimum absolute atomic E-state index is 0.0458. The summed E-state index contributed by atoms with van der Waals surface area (Å²) in [6, 6.07) is 3.61. The Hall–Kier alpha value is -1.29. The molecule has 1 aliphatic carbocycles. The molecule has 1 heterocycles. The molecule has 1 unspecified atom stereocenters. The number of rotatable bonds is 1. The zero-order chi connectivity index (χ0) is 15.7. The van der Waals surface area contributed by atoms with Gasteiger partial charge in [0.1, 0.15) is 5.75 Å². The molecule has 4 heteroatoms. The third kappa shape index (κ3) is 2.94. The van der Waals surface area contributed by atoms with Gasteiger partial charge in [-0.3, -0.25) is 4.79 Å². The van der Waals surface area contributed by atoms with E-state index in [-0.39, 0.29) is 17.1 Å². The van der Waals surface area contributed by atoms with E-state index in [1.165, 1.54) is 6.42 Å². The predicted octanol–water partition coefficient (Wildman–Crippen LogP) is 4.43. The average Bonchev–Trinajstić information content (AvgIpc) is 2.51. The molecule has 3 nitrogen and oxygen atoms in total. The smallest absolute Gasteiger partial charge is 0.257 e. The number of aryl methyl sites for hydroxylation is 1. The van der Waals surface area contributed by atoms with Gasteiger partial charge in [0, 0.05) is 13.1 Å². The van der Waals surface area contributed by atoms with Crippen LogP contribution in [0, 0.1) is 12.3 Å². The second kappa shape index (κ2) is 6.07. The molecule has 3 rings (SSSR count). The molecule has 0 saturated carbocycles. The Kier molecular flexibility index (Phi) is 4.31. The van der Waals surface area contributed by atoms with Crippen LogP contribution in [0.2, 0.25) is 0 Å². The number of halogens is 1. The van der Waals surface area contributed by atoms with Crippen molar-refractivity contribution in [1.82, 2.24) is 4.90 Å². The van der Waals surface area contributed by atoms with Crippen LogP contribution in [0.15, 0.2) is 28.8 Å². The Labute approximate surface area is 140 Å². The summed E-state index contributed by atoms with van der Waals surface area (Å²) in [6.07, 6.45) is 10.1. The number of piperidine rings is 1. The maximum absolute atomic E-state index is 12.9. The van der Waals surface area contributed by atoms with Crippen LogP contribution in [0.4, 0.5) is 0 Å². The predicted molar refractivity (Wildman–Crippen MR) is 91.1 cm³/mol. The zero-order valence-electron chi connectivity index (χ0n) is 12.9. The van der Waals surface area contributed by atoms with E-state index in [1.54, 1.807) is 6.07 Å². The van der Waals surface area contributed by atoms with Crippen LogP contribution in [0.3, 0.4) is 0 Å². The molecule has 1 saturated heterocycles. The number of phenols is 1. The molecule has 1 aromatic carbocycles. The quantitative estimate of drug-likeness (QED) is 0.749. The van der Waals surface area contributed by atoms with E-state index in [4.69, 9.17) is 0 Å². The average molecular weight is 364 g/mol. The van der Waals surface area contributed by atoms with Crippen molar-refractivity contribution in [2.75, 3.05) is 13.1 Å². The van der Waals surface area contributed by atoms with Crippen LogP contribution in [-0.4, -0.2) is 29.0 Å². The highest BCUT2D eigenvalue weighted by Gasteiger charge is 2.37. The van der Waals surface area contributed by atoms with Gasteiger partial charge in [-0.25, -0.2) is 0 Å². The fourth-order valence-electron chi connectivity index (χ4n) is 3.76. The summed E-state index contributed by atoms with van der Waals surface area (Å²) in [5, 5.41) is 10.2. The molecule has 1 fully saturated rings. The van der Waals surface area contributed by atoms with Crippen molar-refractivity contribution in [3.63, 3.8) is 0 Å². The lowest BCUT2D eigenvalue weighted by Crippen LogP contribution is -2.46. The van der Waals surface area contributed by atoms with Gasteiger partial charge in [-0.05, 0) is 78.1 Å². The molecular weight excluding hydrogens is 342 g/mol. The molecule has 1 amide bonds. The van der Waals surface area contributed by atoms with Gasteiger partial charge >= 0.3 is 0 Å². The summed E-state index contributed by atoms with van der Waals surface area (Å²) in [6.45, 7) is 3.53. The van der Waals surface area contributed by atoms with Crippen molar-refractivity contribution in [3.8, 4) is 5.75 Å². The molecule has 1 aliphatic heterocycles. The van der Waals surface area contributed by atoms with E-state index >= 15 is 0 Å². The first-order valence-corrected chi connectivity index (χ1v) is 8.73. The molecule has 118 valence electrons. The molecule has 0 radical (unpaired) electrons. The van der Waals surface area contributed by atoms with Crippen LogP contribution >= 0.6 is 15.9 Å². The molecule has 1 N–H and O–H groups in total. The second-order valence-corrected chi connectivity index (χ2v) is 7.54. The van der Waals surface area contributed by atoms with Crippen LogP contribution in [0.25, 0.3) is 0 Å². The highest BCUT2D eigenvalue weighted by Crippen LogP contribution is 2.41. The van der Waals surface area contributed by atoms with Crippen LogP contribution in [0.1, 0.15) is 48.0 Å². The lowest BCUT2D eigenvalue weighted by atomic mass is 9.71. The van der Waals surface area contributed by atoms with Crippen molar-refractivity contribution in [3.05, 3.63) is 39.9 Å². The summed E-state index contributed by atoms with van der Waals surface area (Å²) in [4.78, 5) is 14.8. The van der Waals surface area contributed by atoms with Gasteiger partial charge in [0.2, 0.25) is 0 Å². The Morgan fingerprint density at radius 1 is 1.32 bits per heavy atom. The third-order valence-electron chi connectivity index (χ3n) is 4.95. The summed E-state index contributed by atoms with van der Waals surface area (Å²) in [5.74, 6) is 0.00860. The van der Waals surface area contributed by atoms with E-state index in [0.717, 1.165) is 44.3 Å². The molecule has 1 spiro atoms. The molecule has 2 aliphatic rings. The van der Waals surface area contributed by atoms with Gasteiger partial charge in [0.15, 0.2) is 0 Å². The normalized spacial score (nSPS) is 24.7. The number of nitrogens with zero attached hydrogens (tertiary/aromatic N) is 1. The fraction of sp³-hybridized carbons (Fsp3) is 0.500. The van der Waals surface area contributed by atoms with Gasteiger partial charge in [-0.2, -0.15) is 0 Å². The topological polar surface area (TPSA) is 40.5 Å². The first-order chi connectivity index (χ1) is 10.5. The van der Waals surface area contributed by atoms with E-state index in [0.29, 0.717) is 10.0 Å². The highest BCUT2D eigenvalue weighted by molar-refractivity contribution is 9.10. The number of carbonyl (C=O) groups excluding carboxylic acids is 1. The van der Waals surface area contributed by atoms with E-state index in [1.807, 2.05) is 17.9 Å². The largest absolute Gasteiger partial charge is 0.506 e. The van der Waals surface area contributed by atoms with Crippen molar-refractivity contribution in [2.24, 2.45) is 5.41 Å². The number of amides is 1. The van der Waals surface area contributed by atoms with Crippen molar-refractivity contribution in [2.45, 2.75) is 39.0 Å².